The molecule has 110 valence electrons. The highest BCUT2D eigenvalue weighted by molar-refractivity contribution is 6.76. The molecule has 0 aliphatic heterocycles. The van der Waals surface area contributed by atoms with Crippen molar-refractivity contribution in [3.63, 3.8) is 0 Å². The van der Waals surface area contributed by atoms with Crippen LogP contribution in [0.2, 0.25) is 25.7 Å². The maximum Gasteiger partial charge on any atom is 0.408 e. The van der Waals surface area contributed by atoms with E-state index in [1.165, 1.54) is 0 Å². The molecule has 0 aromatic carbocycles. The van der Waals surface area contributed by atoms with Gasteiger partial charge >= 0.3 is 12.1 Å². The first-order valence-electron chi connectivity index (χ1n) is 6.94. The van der Waals surface area contributed by atoms with Gasteiger partial charge in [-0.25, -0.2) is 9.59 Å². The average molecular weight is 287 g/mol. The predicted molar refractivity (Wildman–Crippen MR) is 76.1 cm³/mol. The van der Waals surface area contributed by atoms with Crippen LogP contribution >= 0.6 is 0 Å². The molecule has 5 nitrogen and oxygen atoms in total. The standard InChI is InChI=1S/C13H25NO4Si/c1-19(2,3)10-9-18-12(17)14-13(11(15)16)7-5-4-6-8-13/h4-10H2,1-3H3,(H,14,17)(H,15,16). The Hall–Kier alpha value is -1.04. The number of ether oxygens (including phenoxy) is 1. The molecule has 1 rings (SSSR count). The van der Waals surface area contributed by atoms with E-state index in [4.69, 9.17) is 4.74 Å². The lowest BCUT2D eigenvalue weighted by molar-refractivity contribution is -0.146. The fraction of sp³-hybridized carbons (Fsp3) is 0.846. The monoisotopic (exact) mass is 287 g/mol. The zero-order chi connectivity index (χ0) is 14.5. The van der Waals surface area contributed by atoms with E-state index < -0.39 is 25.7 Å². The predicted octanol–water partition coefficient (Wildman–Crippen LogP) is 2.84. The fourth-order valence-corrected chi connectivity index (χ4v) is 2.94. The Labute approximate surface area is 115 Å². The molecular weight excluding hydrogens is 262 g/mol. The first-order valence-corrected chi connectivity index (χ1v) is 10.6. The summed E-state index contributed by atoms with van der Waals surface area (Å²) in [5.41, 5.74) is -1.12. The average Bonchev–Trinajstić information content (AvgIpc) is 2.28. The van der Waals surface area contributed by atoms with E-state index >= 15 is 0 Å². The first kappa shape index (κ1) is 16.0. The molecule has 19 heavy (non-hydrogen) atoms. The van der Waals surface area contributed by atoms with E-state index in [0.717, 1.165) is 25.3 Å². The van der Waals surface area contributed by atoms with Crippen LogP contribution in [-0.2, 0) is 9.53 Å². The summed E-state index contributed by atoms with van der Waals surface area (Å²) in [6.45, 7) is 6.98. The molecule has 1 fully saturated rings. The maximum atomic E-state index is 11.7. The van der Waals surface area contributed by atoms with E-state index in [1.807, 2.05) is 0 Å². The molecule has 1 saturated carbocycles. The smallest absolute Gasteiger partial charge is 0.408 e. The molecule has 2 N–H and O–H groups in total. The lowest BCUT2D eigenvalue weighted by Gasteiger charge is -2.33. The third-order valence-corrected chi connectivity index (χ3v) is 5.25. The molecule has 0 unspecified atom stereocenters. The van der Waals surface area contributed by atoms with Crippen LogP contribution in [0, 0.1) is 0 Å². The molecule has 1 aliphatic rings. The van der Waals surface area contributed by atoms with Crippen molar-refractivity contribution in [2.75, 3.05) is 6.61 Å². The van der Waals surface area contributed by atoms with Crippen molar-refractivity contribution < 1.29 is 19.4 Å². The SMILES string of the molecule is C[Si](C)(C)CCOC(=O)NC1(C(=O)O)CCCCC1. The zero-order valence-electron chi connectivity index (χ0n) is 12.1. The summed E-state index contributed by atoms with van der Waals surface area (Å²) in [5.74, 6) is -0.950. The van der Waals surface area contributed by atoms with Gasteiger partial charge in [-0.05, 0) is 18.9 Å². The van der Waals surface area contributed by atoms with Crippen LogP contribution in [0.25, 0.3) is 0 Å². The Bertz CT molecular complexity index is 332. The third-order valence-electron chi connectivity index (χ3n) is 3.54. The van der Waals surface area contributed by atoms with Crippen molar-refractivity contribution in [1.82, 2.24) is 5.32 Å². The second-order valence-electron chi connectivity index (χ2n) is 6.52. The highest BCUT2D eigenvalue weighted by atomic mass is 28.3. The number of alkyl carbamates (subject to hydrolysis) is 1. The lowest BCUT2D eigenvalue weighted by atomic mass is 9.82. The van der Waals surface area contributed by atoms with E-state index in [1.54, 1.807) is 0 Å². The topological polar surface area (TPSA) is 75.6 Å². The quantitative estimate of drug-likeness (QED) is 0.762. The molecule has 0 saturated heterocycles. The number of carbonyl (C=O) groups is 2. The summed E-state index contributed by atoms with van der Waals surface area (Å²) in [6.07, 6.45) is 3.09. The number of carbonyl (C=O) groups excluding carboxylic acids is 1. The Morgan fingerprint density at radius 1 is 1.21 bits per heavy atom. The van der Waals surface area contributed by atoms with Gasteiger partial charge in [-0.1, -0.05) is 38.9 Å². The van der Waals surface area contributed by atoms with Crippen LogP contribution < -0.4 is 5.32 Å². The van der Waals surface area contributed by atoms with Crippen molar-refractivity contribution in [2.45, 2.75) is 63.3 Å². The van der Waals surface area contributed by atoms with Gasteiger partial charge in [0.25, 0.3) is 0 Å². The molecular formula is C13H25NO4Si. The maximum absolute atomic E-state index is 11.7. The summed E-state index contributed by atoms with van der Waals surface area (Å²) in [4.78, 5) is 23.1. The number of nitrogens with one attached hydrogen (secondary N) is 1. The Kier molecular flexibility index (Phi) is 5.40. The minimum Gasteiger partial charge on any atom is -0.480 e. The van der Waals surface area contributed by atoms with Crippen molar-refractivity contribution in [3.05, 3.63) is 0 Å². The molecule has 0 aromatic rings. The second kappa shape index (κ2) is 6.41. The normalized spacial score (nSPS) is 18.7. The minimum absolute atomic E-state index is 0.372. The van der Waals surface area contributed by atoms with Crippen molar-refractivity contribution >= 4 is 20.1 Å². The Morgan fingerprint density at radius 3 is 2.26 bits per heavy atom. The summed E-state index contributed by atoms with van der Waals surface area (Å²) in [6, 6.07) is 0.889. The summed E-state index contributed by atoms with van der Waals surface area (Å²) in [5, 5.41) is 11.9. The molecule has 0 radical (unpaired) electrons. The number of aliphatic carboxylic acids is 1. The van der Waals surface area contributed by atoms with Crippen molar-refractivity contribution in [1.29, 1.82) is 0 Å². The second-order valence-corrected chi connectivity index (χ2v) is 12.1. The van der Waals surface area contributed by atoms with Gasteiger partial charge in [0.15, 0.2) is 0 Å². The fourth-order valence-electron chi connectivity index (χ4n) is 2.23. The Morgan fingerprint density at radius 2 is 1.79 bits per heavy atom. The van der Waals surface area contributed by atoms with Crippen LogP contribution in [0.5, 0.6) is 0 Å². The summed E-state index contributed by atoms with van der Waals surface area (Å²) >= 11 is 0. The van der Waals surface area contributed by atoms with Crippen LogP contribution in [0.1, 0.15) is 32.1 Å². The molecule has 6 heteroatoms. The van der Waals surface area contributed by atoms with Gasteiger partial charge in [-0.2, -0.15) is 0 Å². The van der Waals surface area contributed by atoms with Gasteiger partial charge in [0.1, 0.15) is 5.54 Å². The van der Waals surface area contributed by atoms with Crippen molar-refractivity contribution in [2.24, 2.45) is 0 Å². The Balaban J connectivity index is 2.46. The number of carboxylic acid groups (broad SMARTS) is 1. The molecule has 0 atom stereocenters. The number of rotatable bonds is 5. The lowest BCUT2D eigenvalue weighted by Crippen LogP contribution is -2.55. The van der Waals surface area contributed by atoms with Crippen LogP contribution in [0.15, 0.2) is 0 Å². The first-order chi connectivity index (χ1) is 8.75. The number of carboxylic acids is 1. The van der Waals surface area contributed by atoms with E-state index in [9.17, 15) is 14.7 Å². The molecule has 0 spiro atoms. The van der Waals surface area contributed by atoms with Crippen LogP contribution in [0.3, 0.4) is 0 Å². The minimum atomic E-state index is -1.24. The van der Waals surface area contributed by atoms with Crippen LogP contribution in [0.4, 0.5) is 4.79 Å². The number of hydrogen-bond donors (Lipinski definition) is 2. The van der Waals surface area contributed by atoms with Gasteiger partial charge < -0.3 is 15.2 Å². The largest absolute Gasteiger partial charge is 0.480 e. The van der Waals surface area contributed by atoms with E-state index in [-0.39, 0.29) is 0 Å². The highest BCUT2D eigenvalue weighted by Crippen LogP contribution is 2.28. The molecule has 0 aromatic heterocycles. The third kappa shape index (κ3) is 5.22. The van der Waals surface area contributed by atoms with Gasteiger partial charge in [0.2, 0.25) is 0 Å². The number of amides is 1. The molecule has 1 amide bonds. The van der Waals surface area contributed by atoms with Crippen LogP contribution in [-0.4, -0.2) is 37.4 Å². The molecule has 1 aliphatic carbocycles. The van der Waals surface area contributed by atoms with Gasteiger partial charge in [0, 0.05) is 8.07 Å². The van der Waals surface area contributed by atoms with Crippen molar-refractivity contribution in [3.8, 4) is 0 Å². The van der Waals surface area contributed by atoms with Gasteiger partial charge in [0.05, 0.1) is 6.61 Å². The molecule has 0 heterocycles. The van der Waals surface area contributed by atoms with Gasteiger partial charge in [-0.3, -0.25) is 0 Å². The van der Waals surface area contributed by atoms with Gasteiger partial charge in [-0.15, -0.1) is 0 Å². The summed E-state index contributed by atoms with van der Waals surface area (Å²) < 4.78 is 5.12. The zero-order valence-corrected chi connectivity index (χ0v) is 13.1. The van der Waals surface area contributed by atoms with E-state index in [2.05, 4.69) is 25.0 Å². The highest BCUT2D eigenvalue weighted by Gasteiger charge is 2.41. The number of hydrogen-bond acceptors (Lipinski definition) is 3. The molecule has 0 bridgehead atoms. The van der Waals surface area contributed by atoms with E-state index in [0.29, 0.717) is 19.4 Å². The summed E-state index contributed by atoms with van der Waals surface area (Å²) in [7, 11) is -1.24.